The minimum atomic E-state index is -4.51. The molecular weight excluding hydrogens is 527 g/mol. The highest BCUT2D eigenvalue weighted by molar-refractivity contribution is 5.69. The van der Waals surface area contributed by atoms with Crippen molar-refractivity contribution in [3.05, 3.63) is 64.2 Å². The normalized spacial score (nSPS) is 23.2. The number of alkyl halides is 3. The first kappa shape index (κ1) is 32.1. The number of benzene rings is 1. The predicted molar refractivity (Wildman–Crippen MR) is 132 cm³/mol. The summed E-state index contributed by atoms with van der Waals surface area (Å²) in [4.78, 5) is 26.1. The highest BCUT2D eigenvalue weighted by atomic mass is 19.4. The van der Waals surface area contributed by atoms with E-state index < -0.39 is 53.1 Å². The maximum Gasteiger partial charge on any atom is 0.416 e. The van der Waals surface area contributed by atoms with Crippen molar-refractivity contribution < 1.29 is 52.7 Å². The zero-order valence-corrected chi connectivity index (χ0v) is 21.4. The fraction of sp³-hybridized carbons (Fsp3) is 0.577. The number of aliphatic hydroxyl groups is 3. The number of ether oxygens (including phenoxy) is 2. The molecule has 0 saturated heterocycles. The average molecular weight is 562 g/mol. The Morgan fingerprint density at radius 2 is 1.97 bits per heavy atom. The smallest absolute Gasteiger partial charge is 0.416 e. The summed E-state index contributed by atoms with van der Waals surface area (Å²) in [6.45, 7) is 0.890. The molecule has 3 N–H and O–H groups in total. The van der Waals surface area contributed by atoms with Crippen molar-refractivity contribution in [2.75, 3.05) is 13.2 Å². The predicted octanol–water partition coefficient (Wildman–Crippen LogP) is 3.62. The van der Waals surface area contributed by atoms with E-state index in [4.69, 9.17) is 9.47 Å². The first-order valence-electron chi connectivity index (χ1n) is 12.5. The van der Waals surface area contributed by atoms with Gasteiger partial charge in [0.25, 0.3) is 5.09 Å². The van der Waals surface area contributed by atoms with E-state index >= 15 is 0 Å². The Morgan fingerprint density at radius 3 is 2.67 bits per heavy atom. The number of carbonyl (C=O) groups is 1. The van der Waals surface area contributed by atoms with Crippen LogP contribution in [0.1, 0.15) is 44.6 Å². The molecule has 0 spiro atoms. The third kappa shape index (κ3) is 11.6. The molecule has 0 bridgehead atoms. The van der Waals surface area contributed by atoms with Gasteiger partial charge in [0.15, 0.2) is 0 Å². The molecule has 13 heteroatoms. The largest absolute Gasteiger partial charge is 0.491 e. The number of hydrogen-bond acceptors (Lipinski definition) is 9. The average Bonchev–Trinajstić information content (AvgIpc) is 3.13. The van der Waals surface area contributed by atoms with Gasteiger partial charge in [0.05, 0.1) is 17.8 Å². The molecule has 2 rings (SSSR count). The van der Waals surface area contributed by atoms with Crippen LogP contribution < -0.4 is 4.74 Å². The van der Waals surface area contributed by atoms with E-state index in [1.807, 2.05) is 12.2 Å². The van der Waals surface area contributed by atoms with Crippen LogP contribution in [0.25, 0.3) is 0 Å². The number of aliphatic hydroxyl groups excluding tert-OH is 3. The Labute approximate surface area is 223 Å². The molecule has 0 amide bonds. The molecule has 1 fully saturated rings. The standard InChI is InChI=1S/C26H34F3NO9/c1-17(39-30(35)36)15-38-25(34)10-5-3-2-4-9-21-22(24(33)14-23(21)32)12-11-19(31)16-37-20-8-6-7-18(13-20)26(27,28)29/h2,4,6-8,11-13,17,19,21-24,31-33H,3,5,9-10,14-16H2,1H3/b4-2-,12-11+/t17?,19-,21-,22-,23+,24-/m1/s1. The van der Waals surface area contributed by atoms with Gasteiger partial charge in [0, 0.05) is 18.8 Å². The molecular formula is C26H34F3NO9. The lowest BCUT2D eigenvalue weighted by Crippen LogP contribution is -2.21. The van der Waals surface area contributed by atoms with Gasteiger partial charge in [-0.15, -0.1) is 10.1 Å². The maximum absolute atomic E-state index is 12.8. The van der Waals surface area contributed by atoms with Crippen molar-refractivity contribution in [3.63, 3.8) is 0 Å². The molecule has 0 radical (unpaired) electrons. The number of allylic oxidation sites excluding steroid dienone is 2. The van der Waals surface area contributed by atoms with Gasteiger partial charge in [0.2, 0.25) is 0 Å². The van der Waals surface area contributed by atoms with Gasteiger partial charge in [-0.2, -0.15) is 13.2 Å². The fourth-order valence-electron chi connectivity index (χ4n) is 4.16. The van der Waals surface area contributed by atoms with E-state index in [-0.39, 0.29) is 37.7 Å². The van der Waals surface area contributed by atoms with Gasteiger partial charge in [0.1, 0.15) is 31.2 Å². The highest BCUT2D eigenvalue weighted by Gasteiger charge is 2.39. The van der Waals surface area contributed by atoms with Crippen LogP contribution in [-0.2, 0) is 20.5 Å². The zero-order chi connectivity index (χ0) is 29.0. The summed E-state index contributed by atoms with van der Waals surface area (Å²) >= 11 is 0. The lowest BCUT2D eigenvalue weighted by Gasteiger charge is -2.19. The van der Waals surface area contributed by atoms with Gasteiger partial charge < -0.3 is 29.6 Å². The van der Waals surface area contributed by atoms with Crippen LogP contribution >= 0.6 is 0 Å². The number of carbonyl (C=O) groups excluding carboxylic acids is 1. The lowest BCUT2D eigenvalue weighted by molar-refractivity contribution is -0.767. The van der Waals surface area contributed by atoms with E-state index in [1.165, 1.54) is 25.1 Å². The van der Waals surface area contributed by atoms with Gasteiger partial charge in [-0.25, -0.2) is 0 Å². The van der Waals surface area contributed by atoms with E-state index in [9.17, 15) is 43.4 Å². The first-order valence-corrected chi connectivity index (χ1v) is 12.5. The molecule has 1 aromatic rings. The van der Waals surface area contributed by atoms with Crippen LogP contribution in [0, 0.1) is 22.0 Å². The zero-order valence-electron chi connectivity index (χ0n) is 21.4. The molecule has 10 nitrogen and oxygen atoms in total. The Bertz CT molecular complexity index is 986. The molecule has 39 heavy (non-hydrogen) atoms. The number of halogens is 3. The molecule has 1 saturated carbocycles. The van der Waals surface area contributed by atoms with Gasteiger partial charge in [-0.05, 0) is 50.3 Å². The lowest BCUT2D eigenvalue weighted by atomic mass is 9.89. The van der Waals surface area contributed by atoms with Gasteiger partial charge in [-0.3, -0.25) is 4.79 Å². The second kappa shape index (κ2) is 15.4. The summed E-state index contributed by atoms with van der Waals surface area (Å²) in [6.07, 6.45) is 0.272. The molecule has 0 aromatic heterocycles. The van der Waals surface area contributed by atoms with Gasteiger partial charge in [-0.1, -0.05) is 30.4 Å². The minimum absolute atomic E-state index is 0.0386. The molecule has 0 aliphatic heterocycles. The SMILES string of the molecule is CC(COC(=O)CCC/C=C\C[C@@H]1[C@@H](/C=C/[C@@H](O)COc2cccc(C(F)(F)F)c2)[C@H](O)C[C@@H]1O)O[N+](=O)[O-]. The van der Waals surface area contributed by atoms with Crippen LogP contribution in [0.2, 0.25) is 0 Å². The summed E-state index contributed by atoms with van der Waals surface area (Å²) in [5.41, 5.74) is -0.862. The summed E-state index contributed by atoms with van der Waals surface area (Å²) in [7, 11) is 0. The summed E-state index contributed by atoms with van der Waals surface area (Å²) < 4.78 is 48.6. The number of nitrogens with zero attached hydrogens (tertiary/aromatic N) is 1. The second-order valence-corrected chi connectivity index (χ2v) is 9.32. The summed E-state index contributed by atoms with van der Waals surface area (Å²) in [5, 5.41) is 40.2. The molecule has 218 valence electrons. The summed E-state index contributed by atoms with van der Waals surface area (Å²) in [5.74, 6) is -1.32. The number of hydrogen-bond donors (Lipinski definition) is 3. The quantitative estimate of drug-likeness (QED) is 0.0960. The first-order chi connectivity index (χ1) is 18.4. The van der Waals surface area contributed by atoms with Crippen molar-refractivity contribution in [1.82, 2.24) is 0 Å². The minimum Gasteiger partial charge on any atom is -0.491 e. The third-order valence-corrected chi connectivity index (χ3v) is 6.13. The molecule has 1 aliphatic carbocycles. The Kier molecular flexibility index (Phi) is 12.7. The van der Waals surface area contributed by atoms with Crippen LogP contribution in [0.4, 0.5) is 13.2 Å². The molecule has 6 atom stereocenters. The Balaban J connectivity index is 1.76. The van der Waals surface area contributed by atoms with E-state index in [0.29, 0.717) is 19.3 Å². The maximum atomic E-state index is 12.8. The summed E-state index contributed by atoms with van der Waals surface area (Å²) in [6, 6.07) is 4.32. The van der Waals surface area contributed by atoms with Crippen molar-refractivity contribution in [1.29, 1.82) is 0 Å². The van der Waals surface area contributed by atoms with Crippen molar-refractivity contribution >= 4 is 5.97 Å². The monoisotopic (exact) mass is 561 g/mol. The molecule has 1 aromatic carbocycles. The Morgan fingerprint density at radius 1 is 1.23 bits per heavy atom. The van der Waals surface area contributed by atoms with Crippen LogP contribution in [0.5, 0.6) is 5.75 Å². The van der Waals surface area contributed by atoms with E-state index in [2.05, 4.69) is 4.84 Å². The van der Waals surface area contributed by atoms with Crippen molar-refractivity contribution in [2.45, 2.75) is 69.6 Å². The van der Waals surface area contributed by atoms with Crippen LogP contribution in [0.15, 0.2) is 48.6 Å². The molecule has 1 aliphatic rings. The topological polar surface area (TPSA) is 149 Å². The van der Waals surface area contributed by atoms with Crippen LogP contribution in [0.3, 0.4) is 0 Å². The fourth-order valence-corrected chi connectivity index (χ4v) is 4.16. The van der Waals surface area contributed by atoms with Crippen LogP contribution in [-0.4, -0.2) is 64.0 Å². The van der Waals surface area contributed by atoms with E-state index in [1.54, 1.807) is 6.08 Å². The van der Waals surface area contributed by atoms with Gasteiger partial charge >= 0.3 is 12.1 Å². The second-order valence-electron chi connectivity index (χ2n) is 9.32. The van der Waals surface area contributed by atoms with Crippen molar-refractivity contribution in [2.24, 2.45) is 11.8 Å². The highest BCUT2D eigenvalue weighted by Crippen LogP contribution is 2.36. The molecule has 0 heterocycles. The number of rotatable bonds is 15. The molecule has 1 unspecified atom stereocenters. The van der Waals surface area contributed by atoms with E-state index in [0.717, 1.165) is 12.1 Å². The third-order valence-electron chi connectivity index (χ3n) is 6.13. The van der Waals surface area contributed by atoms with Crippen molar-refractivity contribution in [3.8, 4) is 5.75 Å². The number of esters is 1. The number of unbranched alkanes of at least 4 members (excludes halogenated alkanes) is 1. The Hall–Kier alpha value is -3.16.